The number of thioether (sulfide) groups is 1. The molecule has 0 aliphatic rings. The lowest BCUT2D eigenvalue weighted by molar-refractivity contribution is -0.136. The summed E-state index contributed by atoms with van der Waals surface area (Å²) in [6.07, 6.45) is 3.54. The van der Waals surface area contributed by atoms with Crippen molar-refractivity contribution >= 4 is 60.6 Å². The van der Waals surface area contributed by atoms with Crippen molar-refractivity contribution < 1.29 is 14.6 Å². The molecule has 0 aliphatic carbocycles. The molecule has 3 rings (SSSR count). The molecule has 0 aliphatic heterocycles. The number of benzene rings is 2. The molecule has 142 valence electrons. The normalized spacial score (nSPS) is 11.1. The Hall–Kier alpha value is -1.51. The third-order valence-corrected chi connectivity index (χ3v) is 5.74. The van der Waals surface area contributed by atoms with Gasteiger partial charge in [-0.3, -0.25) is 4.79 Å². The van der Waals surface area contributed by atoms with Gasteiger partial charge in [-0.05, 0) is 74.4 Å². The number of hydrogen-bond acceptors (Lipinski definition) is 4. The van der Waals surface area contributed by atoms with Gasteiger partial charge in [-0.1, -0.05) is 0 Å². The monoisotopic (exact) mass is 512 g/mol. The van der Waals surface area contributed by atoms with E-state index >= 15 is 0 Å². The fraction of sp³-hybridized carbons (Fsp3) is 0.263. The van der Waals surface area contributed by atoms with Gasteiger partial charge in [-0.15, -0.1) is 0 Å². The van der Waals surface area contributed by atoms with Crippen molar-refractivity contribution in [2.45, 2.75) is 19.3 Å². The maximum absolute atomic E-state index is 10.8. The number of aromatic nitrogens is 2. The second-order valence-corrected chi connectivity index (χ2v) is 8.68. The molecule has 0 amide bonds. The van der Waals surface area contributed by atoms with Gasteiger partial charge >= 0.3 is 5.97 Å². The largest absolute Gasteiger partial charge is 0.481 e. The second kappa shape index (κ2) is 9.12. The maximum Gasteiger partial charge on any atom is 0.303 e. The van der Waals surface area contributed by atoms with Gasteiger partial charge in [-0.25, -0.2) is 4.98 Å². The number of ether oxygens (including phenoxy) is 1. The molecule has 0 saturated carbocycles. The second-order valence-electron chi connectivity index (χ2n) is 5.99. The zero-order valence-corrected chi connectivity index (χ0v) is 18.6. The molecule has 2 N–H and O–H groups in total. The number of carboxylic acids is 1. The highest BCUT2D eigenvalue weighted by atomic mass is 79.9. The predicted octanol–water partition coefficient (Wildman–Crippen LogP) is 5.80. The van der Waals surface area contributed by atoms with Crippen molar-refractivity contribution in [2.24, 2.45) is 0 Å². The summed E-state index contributed by atoms with van der Waals surface area (Å²) in [4.78, 5) is 18.7. The summed E-state index contributed by atoms with van der Waals surface area (Å²) < 4.78 is 7.59. The number of halogens is 2. The van der Waals surface area contributed by atoms with Crippen LogP contribution in [0.1, 0.15) is 17.8 Å². The minimum absolute atomic E-state index is 0.0917. The first kappa shape index (κ1) is 20.2. The van der Waals surface area contributed by atoms with Crippen molar-refractivity contribution in [1.29, 1.82) is 0 Å². The summed E-state index contributed by atoms with van der Waals surface area (Å²) >= 11 is 8.83. The van der Waals surface area contributed by atoms with Gasteiger partial charge in [-0.2, -0.15) is 11.8 Å². The standard InChI is InChI=1S/C19H18Br2N2O3S/c1-27-7-6-17-22-15-4-3-12(10-16(15)23-17)26-19-13(20)8-11(9-14(19)21)2-5-18(24)25/h3-4,8-10H,2,5-7H2,1H3,(H,22,23)(H,24,25). The number of H-pyrrole nitrogens is 1. The highest BCUT2D eigenvalue weighted by molar-refractivity contribution is 9.11. The van der Waals surface area contributed by atoms with Gasteiger partial charge in [0.05, 0.1) is 20.0 Å². The predicted molar refractivity (Wildman–Crippen MR) is 116 cm³/mol. The van der Waals surface area contributed by atoms with Crippen molar-refractivity contribution in [3.05, 3.63) is 50.7 Å². The first-order valence-corrected chi connectivity index (χ1v) is 11.3. The quantitative estimate of drug-likeness (QED) is 0.398. The maximum atomic E-state index is 10.8. The van der Waals surface area contributed by atoms with Gasteiger partial charge in [0.1, 0.15) is 11.6 Å². The van der Waals surface area contributed by atoms with Gasteiger partial charge in [0.15, 0.2) is 5.75 Å². The van der Waals surface area contributed by atoms with E-state index in [1.54, 1.807) is 11.8 Å². The number of imidazole rings is 1. The van der Waals surface area contributed by atoms with Crippen molar-refractivity contribution in [2.75, 3.05) is 12.0 Å². The average molecular weight is 514 g/mol. The van der Waals surface area contributed by atoms with Gasteiger partial charge < -0.3 is 14.8 Å². The summed E-state index contributed by atoms with van der Waals surface area (Å²) in [6, 6.07) is 9.53. The first-order chi connectivity index (χ1) is 13.0. The zero-order valence-electron chi connectivity index (χ0n) is 14.6. The Balaban J connectivity index is 1.80. The number of aromatic amines is 1. The fourth-order valence-corrected chi connectivity index (χ4v) is 4.49. The summed E-state index contributed by atoms with van der Waals surface area (Å²) in [5.41, 5.74) is 2.78. The summed E-state index contributed by atoms with van der Waals surface area (Å²) in [5, 5.41) is 8.84. The lowest BCUT2D eigenvalue weighted by atomic mass is 10.1. The number of hydrogen-bond donors (Lipinski definition) is 2. The lowest BCUT2D eigenvalue weighted by Crippen LogP contribution is -1.98. The number of fused-ring (bicyclic) bond motifs is 1. The van der Waals surface area contributed by atoms with Crippen LogP contribution in [0.15, 0.2) is 39.3 Å². The first-order valence-electron chi connectivity index (χ1n) is 8.31. The SMILES string of the molecule is CSCCc1nc2ccc(Oc3c(Br)cc(CCC(=O)O)cc3Br)cc2[nH]1. The minimum Gasteiger partial charge on any atom is -0.481 e. The highest BCUT2D eigenvalue weighted by Gasteiger charge is 2.12. The third kappa shape index (κ3) is 5.27. The molecule has 27 heavy (non-hydrogen) atoms. The topological polar surface area (TPSA) is 75.2 Å². The smallest absolute Gasteiger partial charge is 0.303 e. The van der Waals surface area contributed by atoms with Crippen LogP contribution in [0.5, 0.6) is 11.5 Å². The van der Waals surface area contributed by atoms with Gasteiger partial charge in [0.2, 0.25) is 0 Å². The third-order valence-electron chi connectivity index (χ3n) is 3.95. The molecule has 8 heteroatoms. The molecule has 0 atom stereocenters. The average Bonchev–Trinajstić information content (AvgIpc) is 3.03. The van der Waals surface area contributed by atoms with Gasteiger partial charge in [0.25, 0.3) is 0 Å². The van der Waals surface area contributed by atoms with Crippen LogP contribution in [0.4, 0.5) is 0 Å². The van der Waals surface area contributed by atoms with E-state index in [1.807, 2.05) is 30.3 Å². The summed E-state index contributed by atoms with van der Waals surface area (Å²) in [7, 11) is 0. The Morgan fingerprint density at radius 1 is 1.22 bits per heavy atom. The summed E-state index contributed by atoms with van der Waals surface area (Å²) in [5.74, 6) is 2.53. The molecular formula is C19H18Br2N2O3S. The number of rotatable bonds is 8. The van der Waals surface area contributed by atoms with E-state index in [0.29, 0.717) is 17.9 Å². The minimum atomic E-state index is -0.813. The van der Waals surface area contributed by atoms with Crippen LogP contribution in [-0.4, -0.2) is 33.1 Å². The van der Waals surface area contributed by atoms with Crippen LogP contribution in [0.25, 0.3) is 11.0 Å². The number of nitrogens with zero attached hydrogens (tertiary/aromatic N) is 1. The van der Waals surface area contributed by atoms with E-state index in [-0.39, 0.29) is 6.42 Å². The molecule has 0 fully saturated rings. The molecule has 3 aromatic rings. The molecule has 0 bridgehead atoms. The van der Waals surface area contributed by atoms with E-state index in [4.69, 9.17) is 9.84 Å². The van der Waals surface area contributed by atoms with Crippen LogP contribution in [0.3, 0.4) is 0 Å². The van der Waals surface area contributed by atoms with E-state index in [1.165, 1.54) is 0 Å². The van der Waals surface area contributed by atoms with E-state index in [2.05, 4.69) is 48.1 Å². The van der Waals surface area contributed by atoms with E-state index < -0.39 is 5.97 Å². The molecule has 0 radical (unpaired) electrons. The Morgan fingerprint density at radius 2 is 1.96 bits per heavy atom. The number of aliphatic carboxylic acids is 1. The van der Waals surface area contributed by atoms with E-state index in [0.717, 1.165) is 43.5 Å². The molecule has 0 saturated heterocycles. The number of carbonyl (C=O) groups is 1. The molecule has 0 spiro atoms. The van der Waals surface area contributed by atoms with Crippen LogP contribution in [0.2, 0.25) is 0 Å². The van der Waals surface area contributed by atoms with Crippen molar-refractivity contribution in [1.82, 2.24) is 9.97 Å². The van der Waals surface area contributed by atoms with Crippen molar-refractivity contribution in [3.63, 3.8) is 0 Å². The molecule has 1 aromatic heterocycles. The van der Waals surface area contributed by atoms with Crippen LogP contribution < -0.4 is 4.74 Å². The fourth-order valence-electron chi connectivity index (χ4n) is 2.65. The summed E-state index contributed by atoms with van der Waals surface area (Å²) in [6.45, 7) is 0. The van der Waals surface area contributed by atoms with Crippen molar-refractivity contribution in [3.8, 4) is 11.5 Å². The van der Waals surface area contributed by atoms with Crippen LogP contribution in [-0.2, 0) is 17.6 Å². The van der Waals surface area contributed by atoms with Gasteiger partial charge in [0, 0.05) is 24.7 Å². The Morgan fingerprint density at radius 3 is 2.63 bits per heavy atom. The van der Waals surface area contributed by atoms with E-state index in [9.17, 15) is 4.79 Å². The number of nitrogens with one attached hydrogen (secondary N) is 1. The lowest BCUT2D eigenvalue weighted by Gasteiger charge is -2.12. The molecule has 2 aromatic carbocycles. The Labute approximate surface area is 178 Å². The number of aryl methyl sites for hydroxylation is 2. The zero-order chi connectivity index (χ0) is 19.4. The molecule has 5 nitrogen and oxygen atoms in total. The Bertz CT molecular complexity index is 952. The Kier molecular flexibility index (Phi) is 6.83. The van der Waals surface area contributed by atoms with Crippen LogP contribution in [0, 0.1) is 0 Å². The number of carboxylic acid groups (broad SMARTS) is 1. The molecule has 0 unspecified atom stereocenters. The van der Waals surface area contributed by atoms with Crippen LogP contribution >= 0.6 is 43.6 Å². The highest BCUT2D eigenvalue weighted by Crippen LogP contribution is 2.38. The molecule has 1 heterocycles. The molecular weight excluding hydrogens is 496 g/mol.